The highest BCUT2D eigenvalue weighted by Gasteiger charge is 2.18. The molecule has 0 radical (unpaired) electrons. The van der Waals surface area contributed by atoms with Crippen molar-refractivity contribution in [1.82, 2.24) is 4.98 Å². The zero-order chi connectivity index (χ0) is 24.2. The smallest absolute Gasteiger partial charge is 0.0788 e. The second kappa shape index (κ2) is 8.29. The van der Waals surface area contributed by atoms with Gasteiger partial charge in [-0.15, -0.1) is 11.3 Å². The highest BCUT2D eigenvalue weighted by atomic mass is 32.1. The van der Waals surface area contributed by atoms with E-state index in [0.29, 0.717) is 0 Å². The van der Waals surface area contributed by atoms with E-state index in [1.54, 1.807) is 0 Å². The molecule has 1 aliphatic rings. The van der Waals surface area contributed by atoms with Gasteiger partial charge in [-0.05, 0) is 71.2 Å². The van der Waals surface area contributed by atoms with Crippen molar-refractivity contribution < 1.29 is 0 Å². The number of allylic oxidation sites excluding steroid dienone is 1. The van der Waals surface area contributed by atoms with Crippen molar-refractivity contribution in [3.63, 3.8) is 0 Å². The first-order chi connectivity index (χ1) is 17.7. The summed E-state index contributed by atoms with van der Waals surface area (Å²) in [7, 11) is 0. The molecule has 2 heterocycles. The van der Waals surface area contributed by atoms with Crippen molar-refractivity contribution in [3.05, 3.63) is 113 Å². The number of aryl methyl sites for hydroxylation is 2. The van der Waals surface area contributed by atoms with E-state index in [-0.39, 0.29) is 0 Å². The third-order valence-electron chi connectivity index (χ3n) is 7.47. The minimum atomic E-state index is 1.05. The van der Waals surface area contributed by atoms with Gasteiger partial charge >= 0.3 is 0 Å². The molecule has 0 N–H and O–H groups in total. The Labute approximate surface area is 215 Å². The summed E-state index contributed by atoms with van der Waals surface area (Å²) in [6.07, 6.45) is 8.79. The summed E-state index contributed by atoms with van der Waals surface area (Å²) < 4.78 is 1.39. The fourth-order valence-corrected chi connectivity index (χ4v) is 6.89. The number of benzene rings is 4. The van der Waals surface area contributed by atoms with Gasteiger partial charge in [0.05, 0.1) is 11.2 Å². The molecular formula is C34H25NS. The summed E-state index contributed by atoms with van der Waals surface area (Å²) in [4.78, 5) is 6.59. The van der Waals surface area contributed by atoms with Crippen LogP contribution >= 0.6 is 11.3 Å². The fraction of sp³-hybridized carbons (Fsp3) is 0.0882. The SMILES string of the molecule is C=Cc1cc(-c2ccc(-c3nc4ccccc4c4c3ccc3c5c(sc34)C=CCC5)cc2)ccc1C. The number of hydrogen-bond acceptors (Lipinski definition) is 2. The average Bonchev–Trinajstić information content (AvgIpc) is 3.32. The van der Waals surface area contributed by atoms with Gasteiger partial charge in [0, 0.05) is 31.3 Å². The summed E-state index contributed by atoms with van der Waals surface area (Å²) >= 11 is 1.93. The quantitative estimate of drug-likeness (QED) is 0.230. The zero-order valence-corrected chi connectivity index (χ0v) is 21.0. The number of thiophene rings is 1. The standard InChI is InChI=1S/C34H25NS/c1-3-22-20-25(13-12-21(22)2)23-14-16-24(17-15-23)33-29-19-18-27-26-8-5-7-11-31(26)36-34(27)32(29)28-9-4-6-10-30(28)35-33/h3-4,6-7,9-20H,1,5,8H2,2H3. The van der Waals surface area contributed by atoms with E-state index in [9.17, 15) is 0 Å². The van der Waals surface area contributed by atoms with Crippen LogP contribution in [0.5, 0.6) is 0 Å². The molecule has 0 atom stereocenters. The summed E-state index contributed by atoms with van der Waals surface area (Å²) in [5.41, 5.74) is 9.58. The molecule has 0 saturated carbocycles. The minimum Gasteiger partial charge on any atom is -0.247 e. The third kappa shape index (κ3) is 3.26. The van der Waals surface area contributed by atoms with Crippen LogP contribution < -0.4 is 0 Å². The van der Waals surface area contributed by atoms with Crippen LogP contribution in [-0.4, -0.2) is 4.98 Å². The maximum Gasteiger partial charge on any atom is 0.0788 e. The molecule has 4 aromatic carbocycles. The number of nitrogens with zero attached hydrogens (tertiary/aromatic N) is 1. The minimum absolute atomic E-state index is 1.05. The van der Waals surface area contributed by atoms with Crippen molar-refractivity contribution >= 4 is 55.3 Å². The van der Waals surface area contributed by atoms with Crippen LogP contribution in [0.4, 0.5) is 0 Å². The van der Waals surface area contributed by atoms with Crippen LogP contribution in [0.25, 0.3) is 66.3 Å². The van der Waals surface area contributed by atoms with E-state index in [4.69, 9.17) is 4.98 Å². The molecule has 0 unspecified atom stereocenters. The second-order valence-corrected chi connectivity index (χ2v) is 10.6. The molecule has 36 heavy (non-hydrogen) atoms. The van der Waals surface area contributed by atoms with Crippen molar-refractivity contribution in [2.24, 2.45) is 0 Å². The van der Waals surface area contributed by atoms with E-state index in [1.165, 1.54) is 58.9 Å². The number of para-hydroxylation sites is 1. The third-order valence-corrected chi connectivity index (χ3v) is 8.70. The van der Waals surface area contributed by atoms with Gasteiger partial charge in [-0.25, -0.2) is 4.98 Å². The summed E-state index contributed by atoms with van der Waals surface area (Å²) in [6.45, 7) is 6.09. The molecule has 172 valence electrons. The van der Waals surface area contributed by atoms with Crippen molar-refractivity contribution in [2.45, 2.75) is 19.8 Å². The molecular weight excluding hydrogens is 454 g/mol. The maximum absolute atomic E-state index is 5.18. The van der Waals surface area contributed by atoms with Gasteiger partial charge in [0.1, 0.15) is 0 Å². The maximum atomic E-state index is 5.18. The first-order valence-corrected chi connectivity index (χ1v) is 13.3. The van der Waals surface area contributed by atoms with Gasteiger partial charge in [-0.3, -0.25) is 0 Å². The monoisotopic (exact) mass is 479 g/mol. The molecule has 0 aliphatic heterocycles. The Kier molecular flexibility index (Phi) is 4.90. The summed E-state index contributed by atoms with van der Waals surface area (Å²) in [5.74, 6) is 0. The van der Waals surface area contributed by atoms with Crippen LogP contribution in [0.3, 0.4) is 0 Å². The predicted molar refractivity (Wildman–Crippen MR) is 158 cm³/mol. The van der Waals surface area contributed by atoms with Crippen LogP contribution in [0, 0.1) is 6.92 Å². The first kappa shape index (κ1) is 21.3. The summed E-state index contributed by atoms with van der Waals surface area (Å²) in [6, 6.07) is 28.6. The fourth-order valence-electron chi connectivity index (χ4n) is 5.55. The van der Waals surface area contributed by atoms with Crippen LogP contribution in [0.1, 0.15) is 28.0 Å². The molecule has 7 rings (SSSR count). The predicted octanol–water partition coefficient (Wildman–Crippen LogP) is 9.85. The second-order valence-electron chi connectivity index (χ2n) is 9.58. The topological polar surface area (TPSA) is 12.9 Å². The largest absolute Gasteiger partial charge is 0.247 e. The molecule has 0 amide bonds. The Bertz CT molecular complexity index is 1850. The van der Waals surface area contributed by atoms with Gasteiger partial charge in [0.2, 0.25) is 0 Å². The number of pyridine rings is 1. The lowest BCUT2D eigenvalue weighted by Crippen LogP contribution is -1.91. The molecule has 2 heteroatoms. The molecule has 0 fully saturated rings. The van der Waals surface area contributed by atoms with Crippen LogP contribution in [0.15, 0.2) is 91.5 Å². The highest BCUT2D eigenvalue weighted by molar-refractivity contribution is 7.21. The van der Waals surface area contributed by atoms with E-state index in [2.05, 4.69) is 105 Å². The van der Waals surface area contributed by atoms with Gasteiger partial charge in [0.15, 0.2) is 0 Å². The Morgan fingerprint density at radius 2 is 1.61 bits per heavy atom. The molecule has 0 bridgehead atoms. The molecule has 2 aromatic heterocycles. The zero-order valence-electron chi connectivity index (χ0n) is 20.2. The van der Waals surface area contributed by atoms with Gasteiger partial charge in [-0.1, -0.05) is 85.5 Å². The Morgan fingerprint density at radius 1 is 0.833 bits per heavy atom. The van der Waals surface area contributed by atoms with Gasteiger partial charge < -0.3 is 0 Å². The Morgan fingerprint density at radius 3 is 2.47 bits per heavy atom. The number of hydrogen-bond donors (Lipinski definition) is 0. The van der Waals surface area contributed by atoms with E-state index in [1.807, 2.05) is 17.4 Å². The van der Waals surface area contributed by atoms with Crippen LogP contribution in [0.2, 0.25) is 0 Å². The van der Waals surface area contributed by atoms with E-state index >= 15 is 0 Å². The van der Waals surface area contributed by atoms with Crippen LogP contribution in [-0.2, 0) is 6.42 Å². The van der Waals surface area contributed by atoms with Crippen molar-refractivity contribution in [3.8, 4) is 22.4 Å². The molecule has 0 spiro atoms. The Balaban J connectivity index is 1.45. The van der Waals surface area contributed by atoms with Crippen molar-refractivity contribution in [2.75, 3.05) is 0 Å². The summed E-state index contributed by atoms with van der Waals surface area (Å²) in [5, 5.41) is 5.19. The van der Waals surface area contributed by atoms with Crippen molar-refractivity contribution in [1.29, 1.82) is 0 Å². The first-order valence-electron chi connectivity index (χ1n) is 12.5. The van der Waals surface area contributed by atoms with Gasteiger partial charge in [0.25, 0.3) is 0 Å². The lowest BCUT2D eigenvalue weighted by Gasteiger charge is -2.12. The average molecular weight is 480 g/mol. The molecule has 6 aromatic rings. The number of aromatic nitrogens is 1. The lowest BCUT2D eigenvalue weighted by molar-refractivity contribution is 1.01. The highest BCUT2D eigenvalue weighted by Crippen LogP contribution is 2.44. The molecule has 0 saturated heterocycles. The number of rotatable bonds is 3. The normalized spacial score (nSPS) is 12.9. The molecule has 1 nitrogen and oxygen atoms in total. The van der Waals surface area contributed by atoms with E-state index < -0.39 is 0 Å². The van der Waals surface area contributed by atoms with Gasteiger partial charge in [-0.2, -0.15) is 0 Å². The molecule has 1 aliphatic carbocycles. The van der Waals surface area contributed by atoms with E-state index in [0.717, 1.165) is 29.6 Å². The lowest BCUT2D eigenvalue weighted by atomic mass is 9.94. The number of fused-ring (bicyclic) bond motifs is 7. The Hall–Kier alpha value is -4.01.